The SMILES string of the molecule is Cc1cc(C)c2c(c1)C(c1ccc(Cl)cc1)=C(c1ccc(Cl)cc1)OS2(=O)=O. The Bertz CT molecular complexity index is 1210. The third kappa shape index (κ3) is 3.32. The van der Waals surface area contributed by atoms with Crippen molar-refractivity contribution in [2.24, 2.45) is 0 Å². The second-order valence-electron chi connectivity index (χ2n) is 6.71. The van der Waals surface area contributed by atoms with E-state index in [4.69, 9.17) is 27.4 Å². The first-order valence-corrected chi connectivity index (χ1v) is 10.7. The average Bonchev–Trinajstić information content (AvgIpc) is 2.62. The molecule has 3 aromatic rings. The molecule has 0 saturated heterocycles. The van der Waals surface area contributed by atoms with Crippen LogP contribution < -0.4 is 0 Å². The van der Waals surface area contributed by atoms with Crippen molar-refractivity contribution in [1.82, 2.24) is 0 Å². The monoisotopic (exact) mass is 430 g/mol. The van der Waals surface area contributed by atoms with E-state index in [0.29, 0.717) is 32.3 Å². The Balaban J connectivity index is 2.12. The van der Waals surface area contributed by atoms with Gasteiger partial charge in [0.1, 0.15) is 4.90 Å². The Hall–Kier alpha value is -2.27. The Morgan fingerprint density at radius 1 is 0.786 bits per heavy atom. The maximum absolute atomic E-state index is 13.0. The molecular formula is C22H16Cl2O3S. The van der Waals surface area contributed by atoms with Gasteiger partial charge in [0.15, 0.2) is 5.76 Å². The van der Waals surface area contributed by atoms with E-state index in [1.807, 2.05) is 31.2 Å². The maximum Gasteiger partial charge on any atom is 0.340 e. The van der Waals surface area contributed by atoms with Crippen molar-refractivity contribution >= 4 is 44.7 Å². The predicted molar refractivity (Wildman–Crippen MR) is 113 cm³/mol. The standard InChI is InChI=1S/C22H16Cl2O3S/c1-13-11-14(2)22-19(12-13)20(15-3-7-17(23)8-4-15)21(27-28(22,25)26)16-5-9-18(24)10-6-16/h3-12H,1-2H3. The van der Waals surface area contributed by atoms with Gasteiger partial charge in [0.2, 0.25) is 0 Å². The van der Waals surface area contributed by atoms with Gasteiger partial charge in [0.05, 0.1) is 0 Å². The lowest BCUT2D eigenvalue weighted by Crippen LogP contribution is -2.17. The first kappa shape index (κ1) is 19.1. The normalized spacial score (nSPS) is 15.1. The molecule has 4 rings (SSSR count). The van der Waals surface area contributed by atoms with Crippen molar-refractivity contribution in [2.75, 3.05) is 0 Å². The molecule has 1 aliphatic heterocycles. The number of rotatable bonds is 2. The highest BCUT2D eigenvalue weighted by Gasteiger charge is 2.34. The molecule has 0 radical (unpaired) electrons. The van der Waals surface area contributed by atoms with Gasteiger partial charge in [-0.1, -0.05) is 47.0 Å². The minimum absolute atomic E-state index is 0.195. The van der Waals surface area contributed by atoms with E-state index < -0.39 is 10.1 Å². The van der Waals surface area contributed by atoms with E-state index in [1.165, 1.54) is 0 Å². The van der Waals surface area contributed by atoms with Gasteiger partial charge in [-0.3, -0.25) is 0 Å². The van der Waals surface area contributed by atoms with Crippen LogP contribution in [0.2, 0.25) is 10.0 Å². The van der Waals surface area contributed by atoms with Crippen LogP contribution in [0.25, 0.3) is 11.3 Å². The number of hydrogen-bond acceptors (Lipinski definition) is 3. The van der Waals surface area contributed by atoms with E-state index in [2.05, 4.69) is 0 Å². The lowest BCUT2D eigenvalue weighted by Gasteiger charge is -2.26. The minimum atomic E-state index is -3.96. The van der Waals surface area contributed by atoms with Crippen LogP contribution >= 0.6 is 23.2 Å². The first-order valence-electron chi connectivity index (χ1n) is 8.58. The number of halogens is 2. The van der Waals surface area contributed by atoms with Crippen LogP contribution in [0.1, 0.15) is 27.8 Å². The molecule has 1 aliphatic rings. The molecular weight excluding hydrogens is 415 g/mol. The number of hydrogen-bond donors (Lipinski definition) is 0. The smallest absolute Gasteiger partial charge is 0.340 e. The van der Waals surface area contributed by atoms with E-state index >= 15 is 0 Å². The summed E-state index contributed by atoms with van der Waals surface area (Å²) in [5, 5.41) is 1.16. The molecule has 6 heteroatoms. The molecule has 0 bridgehead atoms. The van der Waals surface area contributed by atoms with Crippen LogP contribution in [0.4, 0.5) is 0 Å². The van der Waals surface area contributed by atoms with Crippen molar-refractivity contribution in [3.8, 4) is 0 Å². The molecule has 0 amide bonds. The number of aryl methyl sites for hydroxylation is 2. The topological polar surface area (TPSA) is 43.4 Å². The molecule has 0 unspecified atom stereocenters. The van der Waals surface area contributed by atoms with Gasteiger partial charge < -0.3 is 4.18 Å². The highest BCUT2D eigenvalue weighted by molar-refractivity contribution is 7.87. The van der Waals surface area contributed by atoms with Gasteiger partial charge in [0.25, 0.3) is 0 Å². The Kier molecular flexibility index (Phi) is 4.74. The Morgan fingerprint density at radius 2 is 1.32 bits per heavy atom. The maximum atomic E-state index is 13.0. The van der Waals surface area contributed by atoms with Crippen molar-refractivity contribution < 1.29 is 12.6 Å². The predicted octanol–water partition coefficient (Wildman–Crippen LogP) is 6.25. The fourth-order valence-electron chi connectivity index (χ4n) is 3.48. The molecule has 0 aromatic heterocycles. The van der Waals surface area contributed by atoms with Crippen LogP contribution in [-0.2, 0) is 14.3 Å². The van der Waals surface area contributed by atoms with Crippen LogP contribution in [0.3, 0.4) is 0 Å². The summed E-state index contributed by atoms with van der Waals surface area (Å²) in [7, 11) is -3.96. The quantitative estimate of drug-likeness (QED) is 0.451. The fraction of sp³-hybridized carbons (Fsp3) is 0.0909. The number of fused-ring (bicyclic) bond motifs is 1. The van der Waals surface area contributed by atoms with Gasteiger partial charge in [-0.2, -0.15) is 8.42 Å². The summed E-state index contributed by atoms with van der Waals surface area (Å²) in [6.07, 6.45) is 0. The zero-order chi connectivity index (χ0) is 20.1. The molecule has 3 nitrogen and oxygen atoms in total. The third-order valence-corrected chi connectivity index (χ3v) is 6.53. The van der Waals surface area contributed by atoms with Gasteiger partial charge in [0, 0.05) is 26.7 Å². The molecule has 0 aliphatic carbocycles. The van der Waals surface area contributed by atoms with Gasteiger partial charge in [-0.05, 0) is 67.4 Å². The van der Waals surface area contributed by atoms with E-state index in [0.717, 1.165) is 11.1 Å². The molecule has 0 N–H and O–H groups in total. The molecule has 1 heterocycles. The van der Waals surface area contributed by atoms with Crippen molar-refractivity contribution in [3.05, 3.63) is 98.5 Å². The Labute approximate surface area is 174 Å². The summed E-state index contributed by atoms with van der Waals surface area (Å²) in [5.74, 6) is 0.275. The lowest BCUT2D eigenvalue weighted by molar-refractivity contribution is 0.460. The van der Waals surface area contributed by atoms with E-state index in [9.17, 15) is 8.42 Å². The highest BCUT2D eigenvalue weighted by atomic mass is 35.5. The average molecular weight is 431 g/mol. The molecule has 28 heavy (non-hydrogen) atoms. The van der Waals surface area contributed by atoms with E-state index in [-0.39, 0.29) is 10.7 Å². The van der Waals surface area contributed by atoms with Gasteiger partial charge in [-0.15, -0.1) is 0 Å². The van der Waals surface area contributed by atoms with Gasteiger partial charge >= 0.3 is 10.1 Å². The van der Waals surface area contributed by atoms with Crippen LogP contribution in [0.5, 0.6) is 0 Å². The largest absolute Gasteiger partial charge is 0.378 e. The molecule has 0 fully saturated rings. The van der Waals surface area contributed by atoms with Crippen molar-refractivity contribution in [3.63, 3.8) is 0 Å². The molecule has 0 atom stereocenters. The van der Waals surface area contributed by atoms with Crippen molar-refractivity contribution in [2.45, 2.75) is 18.7 Å². The summed E-state index contributed by atoms with van der Waals surface area (Å²) in [6.45, 7) is 3.72. The summed E-state index contributed by atoms with van der Waals surface area (Å²) >= 11 is 12.1. The van der Waals surface area contributed by atoms with E-state index in [1.54, 1.807) is 43.3 Å². The fourth-order valence-corrected chi connectivity index (χ4v) is 5.10. The van der Waals surface area contributed by atoms with Crippen molar-refractivity contribution in [1.29, 1.82) is 0 Å². The van der Waals surface area contributed by atoms with Gasteiger partial charge in [-0.25, -0.2) is 0 Å². The highest BCUT2D eigenvalue weighted by Crippen LogP contribution is 2.44. The summed E-state index contributed by atoms with van der Waals surface area (Å²) in [6, 6.07) is 17.9. The number of benzene rings is 3. The zero-order valence-electron chi connectivity index (χ0n) is 15.2. The summed E-state index contributed by atoms with van der Waals surface area (Å²) in [4.78, 5) is 0.195. The van der Waals surface area contributed by atoms with Crippen LogP contribution in [-0.4, -0.2) is 8.42 Å². The molecule has 0 spiro atoms. The minimum Gasteiger partial charge on any atom is -0.378 e. The second kappa shape index (κ2) is 6.96. The molecule has 0 saturated carbocycles. The summed E-state index contributed by atoms with van der Waals surface area (Å²) in [5.41, 5.74) is 4.39. The van der Waals surface area contributed by atoms with Crippen LogP contribution in [0.15, 0.2) is 65.6 Å². The zero-order valence-corrected chi connectivity index (χ0v) is 17.5. The lowest BCUT2D eigenvalue weighted by atomic mass is 9.92. The molecule has 142 valence electrons. The summed E-state index contributed by atoms with van der Waals surface area (Å²) < 4.78 is 31.6. The third-order valence-electron chi connectivity index (χ3n) is 4.60. The Morgan fingerprint density at radius 3 is 1.89 bits per heavy atom. The van der Waals surface area contributed by atoms with Crippen LogP contribution in [0, 0.1) is 13.8 Å². The second-order valence-corrected chi connectivity index (χ2v) is 9.07. The molecule has 3 aromatic carbocycles. The first-order chi connectivity index (χ1) is 13.3.